The summed E-state index contributed by atoms with van der Waals surface area (Å²) < 4.78 is 5.00. The molecule has 120 valence electrons. The highest BCUT2D eigenvalue weighted by molar-refractivity contribution is 6.38. The number of ether oxygens (including phenoxy) is 1. The van der Waals surface area contributed by atoms with E-state index < -0.39 is 23.6 Å². The summed E-state index contributed by atoms with van der Waals surface area (Å²) in [5, 5.41) is 0. The molecule has 0 saturated carbocycles. The van der Waals surface area contributed by atoms with Gasteiger partial charge in [0.2, 0.25) is 11.6 Å². The van der Waals surface area contributed by atoms with Gasteiger partial charge in [0.1, 0.15) is 0 Å². The lowest BCUT2D eigenvalue weighted by molar-refractivity contribution is -0.154. The highest BCUT2D eigenvalue weighted by atomic mass is 16.5. The van der Waals surface area contributed by atoms with Crippen LogP contribution in [-0.2, 0) is 19.1 Å². The maximum atomic E-state index is 11.9. The molecule has 0 spiro atoms. The molecule has 21 heavy (non-hydrogen) atoms. The van der Waals surface area contributed by atoms with Crippen LogP contribution in [-0.4, -0.2) is 23.6 Å². The lowest BCUT2D eigenvalue weighted by Gasteiger charge is -2.14. The average Bonchev–Trinajstić information content (AvgIpc) is 2.50. The Kier molecular flexibility index (Phi) is 11.5. The summed E-state index contributed by atoms with van der Waals surface area (Å²) in [5.74, 6) is -1.74. The van der Waals surface area contributed by atoms with E-state index in [1.165, 1.54) is 25.7 Å². The smallest absolute Gasteiger partial charge is 0.330 e. The number of unbranched alkanes of at least 4 members (excludes halogenated alkanes) is 6. The summed E-state index contributed by atoms with van der Waals surface area (Å²) in [7, 11) is 0. The van der Waals surface area contributed by atoms with Crippen molar-refractivity contribution in [2.24, 2.45) is 0 Å². The highest BCUT2D eigenvalue weighted by Crippen LogP contribution is 2.13. The Morgan fingerprint density at radius 2 is 1.57 bits per heavy atom. The molecular weight excluding hydrogens is 268 g/mol. The van der Waals surface area contributed by atoms with E-state index in [4.69, 9.17) is 4.74 Å². The minimum Gasteiger partial charge on any atom is -0.451 e. The Morgan fingerprint density at radius 1 is 1.00 bits per heavy atom. The summed E-state index contributed by atoms with van der Waals surface area (Å²) in [4.78, 5) is 34.6. The predicted octanol–water partition coefficient (Wildman–Crippen LogP) is 3.77. The molecule has 0 amide bonds. The molecule has 0 N–H and O–H groups in total. The van der Waals surface area contributed by atoms with Gasteiger partial charge in [-0.1, -0.05) is 59.0 Å². The van der Waals surface area contributed by atoms with Crippen molar-refractivity contribution < 1.29 is 19.1 Å². The van der Waals surface area contributed by atoms with E-state index in [9.17, 15) is 14.4 Å². The topological polar surface area (TPSA) is 60.4 Å². The van der Waals surface area contributed by atoms with E-state index in [0.717, 1.165) is 25.3 Å². The molecule has 0 aromatic carbocycles. The van der Waals surface area contributed by atoms with E-state index in [1.54, 1.807) is 6.92 Å². The van der Waals surface area contributed by atoms with Gasteiger partial charge >= 0.3 is 5.97 Å². The predicted molar refractivity (Wildman–Crippen MR) is 83.0 cm³/mol. The number of carbonyl (C=O) groups excluding carboxylic acids is 3. The molecule has 0 radical (unpaired) electrons. The minimum atomic E-state index is -0.946. The van der Waals surface area contributed by atoms with E-state index in [2.05, 4.69) is 13.5 Å². The Labute approximate surface area is 127 Å². The van der Waals surface area contributed by atoms with Crippen LogP contribution in [0, 0.1) is 0 Å². The summed E-state index contributed by atoms with van der Waals surface area (Å²) in [6.45, 7) is 7.11. The van der Waals surface area contributed by atoms with Gasteiger partial charge in [0.25, 0.3) is 0 Å². The number of ketones is 2. The van der Waals surface area contributed by atoms with Crippen molar-refractivity contribution in [2.45, 2.75) is 77.7 Å². The number of esters is 1. The molecule has 0 fully saturated rings. The van der Waals surface area contributed by atoms with Gasteiger partial charge in [-0.3, -0.25) is 9.59 Å². The van der Waals surface area contributed by atoms with E-state index in [0.29, 0.717) is 6.42 Å². The van der Waals surface area contributed by atoms with Gasteiger partial charge in [0.15, 0.2) is 6.10 Å². The first-order chi connectivity index (χ1) is 10.1. The number of hydrogen-bond donors (Lipinski definition) is 0. The zero-order valence-corrected chi connectivity index (χ0v) is 13.4. The van der Waals surface area contributed by atoms with Gasteiger partial charge in [-0.25, -0.2) is 4.79 Å². The number of Topliss-reactive ketones (excluding diaryl/α,β-unsaturated/α-hetero) is 2. The number of carbonyl (C=O) groups is 3. The van der Waals surface area contributed by atoms with Crippen molar-refractivity contribution in [1.82, 2.24) is 0 Å². The van der Waals surface area contributed by atoms with Crippen LogP contribution in [0.15, 0.2) is 12.7 Å². The summed E-state index contributed by atoms with van der Waals surface area (Å²) in [5.41, 5.74) is 0. The molecule has 1 atom stereocenters. The summed E-state index contributed by atoms with van der Waals surface area (Å²) in [6.07, 6.45) is 8.39. The molecule has 0 aliphatic heterocycles. The Balaban J connectivity index is 4.16. The summed E-state index contributed by atoms with van der Waals surface area (Å²) in [6, 6.07) is 0. The molecule has 0 aliphatic rings. The molecule has 0 aliphatic carbocycles. The fourth-order valence-electron chi connectivity index (χ4n) is 2.07. The zero-order valence-electron chi connectivity index (χ0n) is 13.4. The molecule has 0 heterocycles. The quantitative estimate of drug-likeness (QED) is 0.225. The van der Waals surface area contributed by atoms with Crippen LogP contribution in [0.5, 0.6) is 0 Å². The normalized spacial score (nSPS) is 11.7. The molecule has 0 aromatic rings. The molecule has 0 aromatic heterocycles. The largest absolute Gasteiger partial charge is 0.451 e. The van der Waals surface area contributed by atoms with Gasteiger partial charge in [0.05, 0.1) is 0 Å². The maximum absolute atomic E-state index is 11.9. The number of rotatable bonds is 13. The third-order valence-corrected chi connectivity index (χ3v) is 3.38. The van der Waals surface area contributed by atoms with Crippen molar-refractivity contribution in [2.75, 3.05) is 0 Å². The second-order valence-corrected chi connectivity index (χ2v) is 5.18. The first-order valence-corrected chi connectivity index (χ1v) is 7.96. The fourth-order valence-corrected chi connectivity index (χ4v) is 2.07. The zero-order chi connectivity index (χ0) is 16.1. The SMILES string of the molecule is C=CC(=O)OC(CCCCCCCCC)C(=O)C(=O)CC. The van der Waals surface area contributed by atoms with Gasteiger partial charge in [-0.2, -0.15) is 0 Å². The Hall–Kier alpha value is -1.45. The lowest BCUT2D eigenvalue weighted by Crippen LogP contribution is -2.32. The molecule has 4 nitrogen and oxygen atoms in total. The van der Waals surface area contributed by atoms with Crippen LogP contribution >= 0.6 is 0 Å². The van der Waals surface area contributed by atoms with Crippen LogP contribution in [0.25, 0.3) is 0 Å². The van der Waals surface area contributed by atoms with Gasteiger partial charge < -0.3 is 4.74 Å². The highest BCUT2D eigenvalue weighted by Gasteiger charge is 2.26. The van der Waals surface area contributed by atoms with Crippen molar-refractivity contribution in [3.8, 4) is 0 Å². The minimum absolute atomic E-state index is 0.137. The van der Waals surface area contributed by atoms with E-state index >= 15 is 0 Å². The maximum Gasteiger partial charge on any atom is 0.330 e. The third kappa shape index (κ3) is 9.16. The second kappa shape index (κ2) is 12.3. The standard InChI is InChI=1S/C17H28O4/c1-4-7-8-9-10-11-12-13-15(21-16(19)6-3)17(20)14(18)5-2/h6,15H,3-5,7-13H2,1-2H3. The molecule has 0 rings (SSSR count). The van der Waals surface area contributed by atoms with Crippen molar-refractivity contribution in [1.29, 1.82) is 0 Å². The summed E-state index contributed by atoms with van der Waals surface area (Å²) >= 11 is 0. The van der Waals surface area contributed by atoms with Crippen LogP contribution in [0.2, 0.25) is 0 Å². The molecule has 1 unspecified atom stereocenters. The van der Waals surface area contributed by atoms with Gasteiger partial charge in [-0.15, -0.1) is 0 Å². The van der Waals surface area contributed by atoms with Crippen LogP contribution in [0.4, 0.5) is 0 Å². The van der Waals surface area contributed by atoms with Gasteiger partial charge in [-0.05, 0) is 12.8 Å². The van der Waals surface area contributed by atoms with Gasteiger partial charge in [0, 0.05) is 12.5 Å². The first kappa shape index (κ1) is 19.6. The second-order valence-electron chi connectivity index (χ2n) is 5.18. The molecular formula is C17H28O4. The Morgan fingerprint density at radius 3 is 2.10 bits per heavy atom. The van der Waals surface area contributed by atoms with Crippen molar-refractivity contribution >= 4 is 17.5 Å². The molecule has 0 saturated heterocycles. The van der Waals surface area contributed by atoms with E-state index in [1.807, 2.05) is 0 Å². The molecule has 0 bridgehead atoms. The van der Waals surface area contributed by atoms with Crippen LogP contribution in [0.3, 0.4) is 0 Å². The Bertz CT molecular complexity index is 347. The van der Waals surface area contributed by atoms with Crippen molar-refractivity contribution in [3.05, 3.63) is 12.7 Å². The van der Waals surface area contributed by atoms with Crippen molar-refractivity contribution in [3.63, 3.8) is 0 Å². The lowest BCUT2D eigenvalue weighted by atomic mass is 10.0. The number of hydrogen-bond acceptors (Lipinski definition) is 4. The average molecular weight is 296 g/mol. The van der Waals surface area contributed by atoms with Crippen LogP contribution in [0.1, 0.15) is 71.6 Å². The monoisotopic (exact) mass is 296 g/mol. The molecule has 4 heteroatoms. The van der Waals surface area contributed by atoms with E-state index in [-0.39, 0.29) is 6.42 Å². The fraction of sp³-hybridized carbons (Fsp3) is 0.706. The third-order valence-electron chi connectivity index (χ3n) is 3.38. The first-order valence-electron chi connectivity index (χ1n) is 7.96. The van der Waals surface area contributed by atoms with Crippen LogP contribution < -0.4 is 0 Å².